The third kappa shape index (κ3) is 5.84. The van der Waals surface area contributed by atoms with Crippen LogP contribution in [0.1, 0.15) is 47.4 Å². The van der Waals surface area contributed by atoms with Crippen molar-refractivity contribution in [1.82, 2.24) is 0 Å². The van der Waals surface area contributed by atoms with Gasteiger partial charge in [0, 0.05) is 7.47 Å². The summed E-state index contributed by atoms with van der Waals surface area (Å²) in [6.45, 7) is 4.37. The Balaban J connectivity index is 0. The number of nitrogens with two attached hydrogens (primary N) is 1. The van der Waals surface area contributed by atoms with E-state index in [0.29, 0.717) is 6.04 Å². The van der Waals surface area contributed by atoms with Crippen molar-refractivity contribution in [3.8, 4) is 0 Å². The van der Waals surface area contributed by atoms with Crippen molar-refractivity contribution in [1.29, 1.82) is 0 Å². The molecule has 0 aliphatic rings. The number of hydrogen-bond acceptors (Lipinski definition) is 1. The molecule has 0 heterocycles. The summed E-state index contributed by atoms with van der Waals surface area (Å²) in [6, 6.07) is 0.455. The summed E-state index contributed by atoms with van der Waals surface area (Å²) in [5, 5.41) is 0. The largest absolute Gasteiger partial charge is 0.328 e. The van der Waals surface area contributed by atoms with Gasteiger partial charge in [0.2, 0.25) is 0 Å². The monoisotopic (exact) mass is 131 g/mol. The quantitative estimate of drug-likeness (QED) is 0.570. The summed E-state index contributed by atoms with van der Waals surface area (Å²) < 4.78 is 0. The first kappa shape index (κ1) is 8.96. The van der Waals surface area contributed by atoms with Crippen LogP contribution in [0.2, 0.25) is 0 Å². The maximum atomic E-state index is 5.71. The van der Waals surface area contributed by atoms with Crippen molar-refractivity contribution in [2.75, 3.05) is 0 Å². The molecular weight excluding hydrogens is 110 g/mol. The van der Waals surface area contributed by atoms with E-state index in [0.717, 1.165) is 6.42 Å². The van der Waals surface area contributed by atoms with Gasteiger partial charge < -0.3 is 5.73 Å². The van der Waals surface area contributed by atoms with Crippen molar-refractivity contribution in [3.63, 3.8) is 0 Å². The Labute approximate surface area is 60.1 Å². The molecule has 0 fully saturated rings. The Morgan fingerprint density at radius 1 is 1.33 bits per heavy atom. The lowest BCUT2D eigenvalue weighted by Crippen LogP contribution is -2.17. The molecule has 0 amide bonds. The van der Waals surface area contributed by atoms with Crippen molar-refractivity contribution in [2.24, 2.45) is 5.73 Å². The fourth-order valence-corrected chi connectivity index (χ4v) is 0.861. The molecule has 0 aromatic rings. The maximum Gasteiger partial charge on any atom is 0.00362 e. The van der Waals surface area contributed by atoms with Crippen molar-refractivity contribution in [2.45, 2.75) is 52.0 Å². The fourth-order valence-electron chi connectivity index (χ4n) is 0.861. The average molecular weight is 131 g/mol. The van der Waals surface area contributed by atoms with E-state index in [9.17, 15) is 0 Å². The molecule has 0 aromatic heterocycles. The molecule has 9 heavy (non-hydrogen) atoms. The van der Waals surface area contributed by atoms with Gasteiger partial charge in [-0.05, 0) is 12.8 Å². The molecular formula is C8H21N. The van der Waals surface area contributed by atoms with E-state index in [4.69, 9.17) is 5.73 Å². The molecule has 0 aliphatic carbocycles. The number of unbranched alkanes of at least 4 members (excludes halogenated alkanes) is 2. The lowest BCUT2D eigenvalue weighted by molar-refractivity contribution is 0.547. The maximum absolute atomic E-state index is 5.71. The van der Waals surface area contributed by atoms with Crippen LogP contribution in [0.25, 0.3) is 0 Å². The van der Waals surface area contributed by atoms with Gasteiger partial charge in [0.15, 0.2) is 0 Å². The van der Waals surface area contributed by atoms with E-state index in [-0.39, 0.29) is 1.43 Å². The summed E-state index contributed by atoms with van der Waals surface area (Å²) in [5.41, 5.74) is 5.71. The summed E-state index contributed by atoms with van der Waals surface area (Å²) >= 11 is 0. The minimum atomic E-state index is 0. The first-order valence-corrected chi connectivity index (χ1v) is 4.06. The zero-order valence-electron chi connectivity index (χ0n) is 6.69. The van der Waals surface area contributed by atoms with Crippen LogP contribution in [-0.4, -0.2) is 6.04 Å². The van der Waals surface area contributed by atoms with Crippen LogP contribution in [0.4, 0.5) is 0 Å². The Bertz CT molecular complexity index is 57.2. The molecule has 58 valence electrons. The average Bonchev–Trinajstić information content (AvgIpc) is 1.89. The molecule has 1 unspecified atom stereocenters. The molecule has 0 aromatic carbocycles. The smallest absolute Gasteiger partial charge is 0.00362 e. The molecule has 0 radical (unpaired) electrons. The lowest BCUT2D eigenvalue weighted by atomic mass is 10.1. The molecule has 1 heteroatoms. The van der Waals surface area contributed by atoms with Crippen LogP contribution in [0.5, 0.6) is 0 Å². The minimum absolute atomic E-state index is 0. The van der Waals surface area contributed by atoms with Gasteiger partial charge >= 0.3 is 0 Å². The Hall–Kier alpha value is -0.0400. The Morgan fingerprint density at radius 2 is 2.00 bits per heavy atom. The van der Waals surface area contributed by atoms with E-state index in [1.807, 2.05) is 0 Å². The summed E-state index contributed by atoms with van der Waals surface area (Å²) in [4.78, 5) is 0. The predicted molar refractivity (Wildman–Crippen MR) is 44.5 cm³/mol. The van der Waals surface area contributed by atoms with Crippen LogP contribution in [0.3, 0.4) is 0 Å². The third-order valence-electron chi connectivity index (χ3n) is 1.70. The van der Waals surface area contributed by atoms with Crippen molar-refractivity contribution in [3.05, 3.63) is 0 Å². The van der Waals surface area contributed by atoms with E-state index < -0.39 is 0 Å². The van der Waals surface area contributed by atoms with Gasteiger partial charge in [0.05, 0.1) is 0 Å². The minimum Gasteiger partial charge on any atom is -0.328 e. The first-order chi connectivity index (χ1) is 4.31. The zero-order valence-corrected chi connectivity index (χ0v) is 6.69. The van der Waals surface area contributed by atoms with Crippen LogP contribution in [-0.2, 0) is 0 Å². The Morgan fingerprint density at radius 3 is 2.44 bits per heavy atom. The number of rotatable bonds is 5. The zero-order chi connectivity index (χ0) is 7.11. The van der Waals surface area contributed by atoms with Crippen LogP contribution in [0, 0.1) is 0 Å². The molecule has 1 atom stereocenters. The van der Waals surface area contributed by atoms with Crippen molar-refractivity contribution < 1.29 is 1.43 Å². The highest BCUT2D eigenvalue weighted by Gasteiger charge is 1.95. The Kier molecular flexibility index (Phi) is 6.06. The van der Waals surface area contributed by atoms with E-state index in [1.54, 1.807) is 0 Å². The SMILES string of the molecule is CCCCCC(N)CC.[HH]. The molecule has 0 bridgehead atoms. The predicted octanol–water partition coefficient (Wildman–Crippen LogP) is 2.55. The van der Waals surface area contributed by atoms with Crippen LogP contribution >= 0.6 is 0 Å². The van der Waals surface area contributed by atoms with Gasteiger partial charge in [-0.3, -0.25) is 0 Å². The van der Waals surface area contributed by atoms with Crippen LogP contribution < -0.4 is 5.73 Å². The van der Waals surface area contributed by atoms with E-state index in [2.05, 4.69) is 13.8 Å². The van der Waals surface area contributed by atoms with Gasteiger partial charge in [-0.15, -0.1) is 0 Å². The van der Waals surface area contributed by atoms with E-state index >= 15 is 0 Å². The standard InChI is InChI=1S/C8H19N.H2/c1-3-5-6-7-8(9)4-2;/h8H,3-7,9H2,1-2H3;1H. The molecule has 0 saturated heterocycles. The second kappa shape index (κ2) is 6.09. The third-order valence-corrected chi connectivity index (χ3v) is 1.70. The van der Waals surface area contributed by atoms with E-state index in [1.165, 1.54) is 25.7 Å². The second-order valence-electron chi connectivity index (χ2n) is 2.66. The molecule has 0 aliphatic heterocycles. The summed E-state index contributed by atoms with van der Waals surface area (Å²) in [7, 11) is 0. The number of hydrogen-bond donors (Lipinski definition) is 1. The topological polar surface area (TPSA) is 26.0 Å². The van der Waals surface area contributed by atoms with Crippen molar-refractivity contribution >= 4 is 0 Å². The van der Waals surface area contributed by atoms with Crippen LogP contribution in [0.15, 0.2) is 0 Å². The normalized spacial score (nSPS) is 13.7. The second-order valence-corrected chi connectivity index (χ2v) is 2.66. The van der Waals surface area contributed by atoms with Gasteiger partial charge in [-0.25, -0.2) is 0 Å². The lowest BCUT2D eigenvalue weighted by Gasteiger charge is -2.05. The van der Waals surface area contributed by atoms with Gasteiger partial charge in [0.25, 0.3) is 0 Å². The highest BCUT2D eigenvalue weighted by atomic mass is 14.6. The first-order valence-electron chi connectivity index (χ1n) is 4.06. The fraction of sp³-hybridized carbons (Fsp3) is 1.00. The summed E-state index contributed by atoms with van der Waals surface area (Å²) in [6.07, 6.45) is 6.30. The summed E-state index contributed by atoms with van der Waals surface area (Å²) in [5.74, 6) is 0. The molecule has 0 spiro atoms. The van der Waals surface area contributed by atoms with Gasteiger partial charge in [-0.1, -0.05) is 33.1 Å². The van der Waals surface area contributed by atoms with Gasteiger partial charge in [0.1, 0.15) is 0 Å². The van der Waals surface area contributed by atoms with Gasteiger partial charge in [-0.2, -0.15) is 0 Å². The molecule has 0 rings (SSSR count). The molecule has 0 saturated carbocycles. The molecule has 2 N–H and O–H groups in total. The highest BCUT2D eigenvalue weighted by Crippen LogP contribution is 2.02. The highest BCUT2D eigenvalue weighted by molar-refractivity contribution is 4.56. The molecule has 1 nitrogen and oxygen atoms in total.